The molecule has 0 fully saturated rings. The van der Waals surface area contributed by atoms with E-state index in [1.807, 2.05) is 37.3 Å². The molecule has 0 aliphatic carbocycles. The van der Waals surface area contributed by atoms with Crippen LogP contribution in [0.1, 0.15) is 44.6 Å². The molecule has 0 bridgehead atoms. The lowest BCUT2D eigenvalue weighted by molar-refractivity contribution is -0.120. The Labute approximate surface area is 142 Å². The number of primary amides is 1. The Morgan fingerprint density at radius 3 is 2.46 bits per heavy atom. The zero-order valence-electron chi connectivity index (χ0n) is 14.1. The molecule has 6 heteroatoms. The van der Waals surface area contributed by atoms with Crippen LogP contribution in [0.15, 0.2) is 35.3 Å². The molecular formula is C18H25N3O3. The van der Waals surface area contributed by atoms with E-state index in [1.54, 1.807) is 0 Å². The molecule has 6 nitrogen and oxygen atoms in total. The number of hydrogen-bond donors (Lipinski definition) is 2. The fraction of sp³-hybridized carbons (Fsp3) is 0.444. The number of amides is 3. The first-order valence-corrected chi connectivity index (χ1v) is 8.23. The first-order chi connectivity index (χ1) is 11.5. The van der Waals surface area contributed by atoms with Crippen LogP contribution < -0.4 is 11.1 Å². The molecule has 0 aliphatic rings. The van der Waals surface area contributed by atoms with Crippen LogP contribution in [0, 0.1) is 0 Å². The Morgan fingerprint density at radius 2 is 1.83 bits per heavy atom. The highest BCUT2D eigenvalue weighted by molar-refractivity contribution is 6.43. The number of nitrogens with two attached hydrogens (primary N) is 1. The predicted octanol–water partition coefficient (Wildman–Crippen LogP) is 1.77. The topological polar surface area (TPSA) is 102 Å². The van der Waals surface area contributed by atoms with E-state index in [-0.39, 0.29) is 18.6 Å². The van der Waals surface area contributed by atoms with Crippen molar-refractivity contribution in [2.75, 3.05) is 6.54 Å². The molecule has 0 spiro atoms. The van der Waals surface area contributed by atoms with Gasteiger partial charge in [-0.1, -0.05) is 50.1 Å². The summed E-state index contributed by atoms with van der Waals surface area (Å²) in [5.74, 6) is -1.60. The highest BCUT2D eigenvalue weighted by atomic mass is 16.2. The second kappa shape index (κ2) is 11.1. The molecule has 1 aromatic rings. The standard InChI is InChI=1S/C18H25N3O3/c1-2-3-5-10-17(23)21-15(13-16(19)22)18(24)20-12-11-14-8-6-4-7-9-14/h4,6-9H,2-3,5,10-13H2,1H3,(H2,19,22)(H,20,24)/b21-15+. The van der Waals surface area contributed by atoms with E-state index in [4.69, 9.17) is 5.73 Å². The van der Waals surface area contributed by atoms with Gasteiger partial charge in [-0.05, 0) is 18.4 Å². The lowest BCUT2D eigenvalue weighted by Gasteiger charge is -2.07. The van der Waals surface area contributed by atoms with Crippen molar-refractivity contribution in [3.63, 3.8) is 0 Å². The Bertz CT molecular complexity index is 582. The molecule has 0 heterocycles. The van der Waals surface area contributed by atoms with Crippen LogP contribution in [0.25, 0.3) is 0 Å². The minimum atomic E-state index is -0.687. The molecule has 0 aromatic heterocycles. The third-order valence-corrected chi connectivity index (χ3v) is 3.40. The highest BCUT2D eigenvalue weighted by Crippen LogP contribution is 2.02. The first-order valence-electron chi connectivity index (χ1n) is 8.23. The SMILES string of the molecule is CCCCCC(=O)/N=C(\CC(N)=O)C(=O)NCCc1ccccc1. The van der Waals surface area contributed by atoms with E-state index in [0.717, 1.165) is 24.8 Å². The number of carbonyl (C=O) groups is 3. The van der Waals surface area contributed by atoms with Crippen molar-refractivity contribution in [3.05, 3.63) is 35.9 Å². The van der Waals surface area contributed by atoms with Gasteiger partial charge in [0, 0.05) is 13.0 Å². The number of rotatable bonds is 10. The Morgan fingerprint density at radius 1 is 1.12 bits per heavy atom. The molecular weight excluding hydrogens is 306 g/mol. The summed E-state index contributed by atoms with van der Waals surface area (Å²) in [4.78, 5) is 38.8. The van der Waals surface area contributed by atoms with Gasteiger partial charge >= 0.3 is 0 Å². The van der Waals surface area contributed by atoms with Gasteiger partial charge in [-0.25, -0.2) is 4.99 Å². The molecule has 1 rings (SSSR count). The average Bonchev–Trinajstić information content (AvgIpc) is 2.55. The Kier molecular flexibility index (Phi) is 9.04. The van der Waals surface area contributed by atoms with E-state index in [9.17, 15) is 14.4 Å². The van der Waals surface area contributed by atoms with Gasteiger partial charge in [-0.2, -0.15) is 0 Å². The Balaban J connectivity index is 2.57. The lowest BCUT2D eigenvalue weighted by atomic mass is 10.1. The predicted molar refractivity (Wildman–Crippen MR) is 93.6 cm³/mol. The van der Waals surface area contributed by atoms with Crippen LogP contribution in [0.5, 0.6) is 0 Å². The van der Waals surface area contributed by atoms with Crippen molar-refractivity contribution < 1.29 is 14.4 Å². The smallest absolute Gasteiger partial charge is 0.266 e. The molecule has 130 valence electrons. The molecule has 3 amide bonds. The number of unbranched alkanes of at least 4 members (excludes halogenated alkanes) is 2. The summed E-state index contributed by atoms with van der Waals surface area (Å²) in [5.41, 5.74) is 6.11. The average molecular weight is 331 g/mol. The van der Waals surface area contributed by atoms with Crippen molar-refractivity contribution in [2.24, 2.45) is 10.7 Å². The molecule has 1 aromatic carbocycles. The molecule has 0 aliphatic heterocycles. The summed E-state index contributed by atoms with van der Waals surface area (Å²) in [6.07, 6.45) is 3.23. The molecule has 24 heavy (non-hydrogen) atoms. The van der Waals surface area contributed by atoms with E-state index in [2.05, 4.69) is 10.3 Å². The van der Waals surface area contributed by atoms with Crippen LogP contribution in [0.3, 0.4) is 0 Å². The first kappa shape index (κ1) is 19.5. The van der Waals surface area contributed by atoms with E-state index >= 15 is 0 Å². The summed E-state index contributed by atoms with van der Waals surface area (Å²) in [6, 6.07) is 9.69. The van der Waals surface area contributed by atoms with Gasteiger partial charge in [-0.15, -0.1) is 0 Å². The maximum Gasteiger partial charge on any atom is 0.266 e. The minimum Gasteiger partial charge on any atom is -0.369 e. The van der Waals surface area contributed by atoms with Crippen LogP contribution in [-0.4, -0.2) is 30.0 Å². The highest BCUT2D eigenvalue weighted by Gasteiger charge is 2.15. The van der Waals surface area contributed by atoms with Crippen LogP contribution >= 0.6 is 0 Å². The third-order valence-electron chi connectivity index (χ3n) is 3.40. The summed E-state index contributed by atoms with van der Waals surface area (Å²) < 4.78 is 0. The maximum absolute atomic E-state index is 12.1. The number of nitrogens with one attached hydrogen (secondary N) is 1. The molecule has 3 N–H and O–H groups in total. The molecule has 0 radical (unpaired) electrons. The summed E-state index contributed by atoms with van der Waals surface area (Å²) >= 11 is 0. The van der Waals surface area contributed by atoms with Gasteiger partial charge in [0.1, 0.15) is 5.71 Å². The van der Waals surface area contributed by atoms with Gasteiger partial charge < -0.3 is 11.1 Å². The quantitative estimate of drug-likeness (QED) is 0.504. The fourth-order valence-electron chi connectivity index (χ4n) is 2.14. The summed E-state index contributed by atoms with van der Waals surface area (Å²) in [5, 5.41) is 2.68. The minimum absolute atomic E-state index is 0.114. The monoisotopic (exact) mass is 331 g/mol. The van der Waals surface area contributed by atoms with Crippen LogP contribution in [0.4, 0.5) is 0 Å². The Hall–Kier alpha value is -2.50. The molecule has 0 saturated heterocycles. The zero-order chi connectivity index (χ0) is 17.8. The van der Waals surface area contributed by atoms with Gasteiger partial charge in [0.2, 0.25) is 11.8 Å². The fourth-order valence-corrected chi connectivity index (χ4v) is 2.14. The van der Waals surface area contributed by atoms with Crippen molar-refractivity contribution in [1.82, 2.24) is 5.32 Å². The normalized spacial score (nSPS) is 11.1. The molecule has 0 unspecified atom stereocenters. The number of nitrogens with zero attached hydrogens (tertiary/aromatic N) is 1. The maximum atomic E-state index is 12.1. The lowest BCUT2D eigenvalue weighted by Crippen LogP contribution is -2.35. The van der Waals surface area contributed by atoms with Crippen LogP contribution in [0.2, 0.25) is 0 Å². The summed E-state index contributed by atoms with van der Waals surface area (Å²) in [6.45, 7) is 2.43. The molecule has 0 atom stereocenters. The number of aliphatic imine (C=N–C) groups is 1. The summed E-state index contributed by atoms with van der Waals surface area (Å²) in [7, 11) is 0. The second-order valence-corrected chi connectivity index (χ2v) is 5.54. The van der Waals surface area contributed by atoms with Gasteiger partial charge in [-0.3, -0.25) is 14.4 Å². The second-order valence-electron chi connectivity index (χ2n) is 5.54. The third kappa shape index (κ3) is 8.22. The van der Waals surface area contributed by atoms with Gasteiger partial charge in [0.05, 0.1) is 6.42 Å². The molecule has 0 saturated carbocycles. The van der Waals surface area contributed by atoms with Crippen LogP contribution in [-0.2, 0) is 20.8 Å². The van der Waals surface area contributed by atoms with Crippen molar-refractivity contribution >= 4 is 23.4 Å². The van der Waals surface area contributed by atoms with Gasteiger partial charge in [0.25, 0.3) is 5.91 Å². The largest absolute Gasteiger partial charge is 0.369 e. The zero-order valence-corrected chi connectivity index (χ0v) is 14.1. The van der Waals surface area contributed by atoms with Gasteiger partial charge in [0.15, 0.2) is 0 Å². The van der Waals surface area contributed by atoms with E-state index in [0.29, 0.717) is 13.0 Å². The van der Waals surface area contributed by atoms with Crippen molar-refractivity contribution in [2.45, 2.75) is 45.4 Å². The van der Waals surface area contributed by atoms with Crippen molar-refractivity contribution in [1.29, 1.82) is 0 Å². The van der Waals surface area contributed by atoms with E-state index < -0.39 is 17.7 Å². The number of carbonyl (C=O) groups excluding carboxylic acids is 3. The van der Waals surface area contributed by atoms with Crippen molar-refractivity contribution in [3.8, 4) is 0 Å². The number of hydrogen-bond acceptors (Lipinski definition) is 3. The number of benzene rings is 1. The van der Waals surface area contributed by atoms with E-state index in [1.165, 1.54) is 0 Å².